The van der Waals surface area contributed by atoms with Crippen molar-refractivity contribution in [1.82, 2.24) is 4.90 Å². The summed E-state index contributed by atoms with van der Waals surface area (Å²) in [6, 6.07) is 11.8. The Morgan fingerprint density at radius 1 is 1.16 bits per heavy atom. The van der Waals surface area contributed by atoms with E-state index in [4.69, 9.17) is 4.74 Å². The van der Waals surface area contributed by atoms with Gasteiger partial charge in [0.1, 0.15) is 17.2 Å². The normalized spacial score (nSPS) is 18.9. The number of ketones is 1. The molecule has 2 aliphatic heterocycles. The number of fused-ring (bicyclic) bond motifs is 1. The number of carbonyl (C=O) groups is 2. The summed E-state index contributed by atoms with van der Waals surface area (Å²) >= 11 is 0. The number of allylic oxidation sites excluding steroid dienone is 1. The Labute approximate surface area is 187 Å². The molecule has 1 amide bonds. The molecule has 4 rings (SSSR count). The maximum Gasteiger partial charge on any atom is 0.260 e. The predicted molar refractivity (Wildman–Crippen MR) is 124 cm³/mol. The van der Waals surface area contributed by atoms with Crippen molar-refractivity contribution >= 4 is 28.5 Å². The van der Waals surface area contributed by atoms with Crippen molar-refractivity contribution in [3.8, 4) is 0 Å². The molecule has 0 radical (unpaired) electrons. The number of rotatable bonds is 6. The van der Waals surface area contributed by atoms with E-state index in [0.29, 0.717) is 34.6 Å². The van der Waals surface area contributed by atoms with E-state index in [1.165, 1.54) is 12.1 Å². The van der Waals surface area contributed by atoms with E-state index in [2.05, 4.69) is 10.2 Å². The number of amides is 1. The lowest BCUT2D eigenvalue weighted by molar-refractivity contribution is -0.111. The van der Waals surface area contributed by atoms with E-state index in [1.54, 1.807) is 6.07 Å². The van der Waals surface area contributed by atoms with Crippen LogP contribution in [0.1, 0.15) is 48.2 Å². The highest BCUT2D eigenvalue weighted by molar-refractivity contribution is 6.32. The predicted octanol–water partition coefficient (Wildman–Crippen LogP) is 4.91. The van der Waals surface area contributed by atoms with Crippen LogP contribution in [0, 0.1) is 5.82 Å². The Morgan fingerprint density at radius 2 is 1.94 bits per heavy atom. The quantitative estimate of drug-likeness (QED) is 0.519. The summed E-state index contributed by atoms with van der Waals surface area (Å²) < 4.78 is 19.8. The molecule has 6 heteroatoms. The molecule has 32 heavy (non-hydrogen) atoms. The van der Waals surface area contributed by atoms with E-state index in [9.17, 15) is 14.0 Å². The van der Waals surface area contributed by atoms with Crippen LogP contribution in [0.5, 0.6) is 0 Å². The monoisotopic (exact) mass is 434 g/mol. The first-order chi connectivity index (χ1) is 15.2. The molecular formula is C26H27FN2O3. The van der Waals surface area contributed by atoms with E-state index < -0.39 is 11.4 Å². The van der Waals surface area contributed by atoms with Crippen molar-refractivity contribution < 1.29 is 18.7 Å². The number of nitrogens with one attached hydrogen (secondary N) is 1. The Balaban J connectivity index is 1.68. The van der Waals surface area contributed by atoms with Gasteiger partial charge in [-0.1, -0.05) is 18.2 Å². The molecule has 0 atom stereocenters. The van der Waals surface area contributed by atoms with Gasteiger partial charge in [0.25, 0.3) is 5.91 Å². The van der Waals surface area contributed by atoms with Crippen LogP contribution in [0.2, 0.25) is 0 Å². The molecule has 0 aromatic heterocycles. The fourth-order valence-electron chi connectivity index (χ4n) is 4.17. The van der Waals surface area contributed by atoms with Gasteiger partial charge in [0.2, 0.25) is 0 Å². The number of hydrogen-bond acceptors (Lipinski definition) is 4. The molecule has 0 fully saturated rings. The lowest BCUT2D eigenvalue weighted by Crippen LogP contribution is -2.21. The summed E-state index contributed by atoms with van der Waals surface area (Å²) in [4.78, 5) is 27.4. The van der Waals surface area contributed by atoms with Gasteiger partial charge in [0.05, 0.1) is 11.3 Å². The second-order valence-electron chi connectivity index (χ2n) is 8.96. The van der Waals surface area contributed by atoms with Gasteiger partial charge in [0, 0.05) is 23.1 Å². The SMILES string of the molecule is CN(C)CCCC(=O)c1cccc(C2=C/C(=C3\C(=O)Nc4cc(F)ccc43)OC2(C)C)c1. The minimum Gasteiger partial charge on any atom is -0.482 e. The molecule has 0 unspecified atom stereocenters. The molecular weight excluding hydrogens is 407 g/mol. The largest absolute Gasteiger partial charge is 0.482 e. The zero-order chi connectivity index (χ0) is 23.0. The topological polar surface area (TPSA) is 58.6 Å². The smallest absolute Gasteiger partial charge is 0.260 e. The van der Waals surface area contributed by atoms with Crippen molar-refractivity contribution in [2.75, 3.05) is 26.0 Å². The fourth-order valence-corrected chi connectivity index (χ4v) is 4.17. The lowest BCUT2D eigenvalue weighted by Gasteiger charge is -2.23. The van der Waals surface area contributed by atoms with Gasteiger partial charge < -0.3 is 15.0 Å². The second-order valence-corrected chi connectivity index (χ2v) is 8.96. The standard InChI is InChI=1S/C26H27FN2O3/c1-26(2)20(16-7-5-8-17(13-16)22(30)9-6-12-29(3)4)15-23(32-26)24-19-11-10-18(27)14-21(19)28-25(24)31/h5,7-8,10-11,13-15H,6,9,12H2,1-4H3,(H,28,31)/b24-23+. The maximum absolute atomic E-state index is 13.6. The van der Waals surface area contributed by atoms with Gasteiger partial charge in [0.15, 0.2) is 5.78 Å². The van der Waals surface area contributed by atoms with Crippen molar-refractivity contribution in [2.45, 2.75) is 32.3 Å². The number of carbonyl (C=O) groups excluding carboxylic acids is 2. The second kappa shape index (κ2) is 8.36. The lowest BCUT2D eigenvalue weighted by atomic mass is 9.90. The molecule has 2 aliphatic rings. The third-order valence-corrected chi connectivity index (χ3v) is 5.77. The van der Waals surface area contributed by atoms with Gasteiger partial charge in [-0.2, -0.15) is 0 Å². The van der Waals surface area contributed by atoms with Crippen LogP contribution in [0.3, 0.4) is 0 Å². The number of Topliss-reactive ketones (excluding diaryl/α,β-unsaturated/α-hetero) is 1. The zero-order valence-electron chi connectivity index (χ0n) is 18.8. The number of anilines is 1. The maximum atomic E-state index is 13.6. The van der Waals surface area contributed by atoms with E-state index >= 15 is 0 Å². The number of nitrogens with zero attached hydrogens (tertiary/aromatic N) is 1. The first-order valence-corrected chi connectivity index (χ1v) is 10.7. The number of ether oxygens (including phenoxy) is 1. The summed E-state index contributed by atoms with van der Waals surface area (Å²) in [5.41, 5.74) is 3.17. The highest BCUT2D eigenvalue weighted by Crippen LogP contribution is 2.44. The highest BCUT2D eigenvalue weighted by atomic mass is 19.1. The van der Waals surface area contributed by atoms with Crippen molar-refractivity contribution in [3.05, 3.63) is 76.8 Å². The van der Waals surface area contributed by atoms with Crippen LogP contribution in [-0.2, 0) is 9.53 Å². The molecule has 2 aromatic carbocycles. The van der Waals surface area contributed by atoms with Crippen molar-refractivity contribution in [3.63, 3.8) is 0 Å². The molecule has 0 bridgehead atoms. The van der Waals surface area contributed by atoms with E-state index in [1.807, 2.05) is 58.3 Å². The fraction of sp³-hybridized carbons (Fsp3) is 0.308. The van der Waals surface area contributed by atoms with Crippen LogP contribution in [0.4, 0.5) is 10.1 Å². The van der Waals surface area contributed by atoms with Crippen molar-refractivity contribution in [2.24, 2.45) is 0 Å². The Kier molecular flexibility index (Phi) is 5.73. The summed E-state index contributed by atoms with van der Waals surface area (Å²) in [6.45, 7) is 4.72. The van der Waals surface area contributed by atoms with Crippen LogP contribution in [0.25, 0.3) is 11.1 Å². The minimum atomic E-state index is -0.696. The molecule has 0 spiro atoms. The van der Waals surface area contributed by atoms with Crippen LogP contribution >= 0.6 is 0 Å². The minimum absolute atomic E-state index is 0.107. The third-order valence-electron chi connectivity index (χ3n) is 5.77. The van der Waals surface area contributed by atoms with Crippen LogP contribution in [-0.4, -0.2) is 42.8 Å². The zero-order valence-corrected chi connectivity index (χ0v) is 18.8. The Morgan fingerprint density at radius 3 is 2.69 bits per heavy atom. The molecule has 2 aromatic rings. The molecule has 0 saturated heterocycles. The van der Waals surface area contributed by atoms with Gasteiger partial charge in [-0.15, -0.1) is 0 Å². The van der Waals surface area contributed by atoms with Gasteiger partial charge in [-0.25, -0.2) is 4.39 Å². The van der Waals surface area contributed by atoms with Crippen LogP contribution < -0.4 is 5.32 Å². The Bertz CT molecular complexity index is 1160. The summed E-state index contributed by atoms with van der Waals surface area (Å²) in [5, 5.41) is 2.70. The van der Waals surface area contributed by atoms with E-state index in [-0.39, 0.29) is 11.7 Å². The molecule has 1 N–H and O–H groups in total. The van der Waals surface area contributed by atoms with E-state index in [0.717, 1.165) is 24.1 Å². The number of halogens is 1. The molecule has 166 valence electrons. The van der Waals surface area contributed by atoms with Crippen molar-refractivity contribution in [1.29, 1.82) is 0 Å². The Hall–Kier alpha value is -3.25. The molecule has 0 aliphatic carbocycles. The van der Waals surface area contributed by atoms with Crippen LogP contribution in [0.15, 0.2) is 54.3 Å². The third kappa shape index (κ3) is 4.23. The molecule has 2 heterocycles. The molecule has 5 nitrogen and oxygen atoms in total. The number of hydrogen-bond donors (Lipinski definition) is 1. The first-order valence-electron chi connectivity index (χ1n) is 10.7. The first kappa shape index (κ1) is 22.0. The summed E-state index contributed by atoms with van der Waals surface area (Å²) in [7, 11) is 3.98. The summed E-state index contributed by atoms with van der Waals surface area (Å²) in [6.07, 6.45) is 3.14. The van der Waals surface area contributed by atoms with Gasteiger partial charge >= 0.3 is 0 Å². The van der Waals surface area contributed by atoms with Gasteiger partial charge in [-0.3, -0.25) is 9.59 Å². The summed E-state index contributed by atoms with van der Waals surface area (Å²) in [5.74, 6) is -0.184. The average molecular weight is 435 g/mol. The van der Waals surface area contributed by atoms with Gasteiger partial charge in [-0.05, 0) is 76.8 Å². The number of benzene rings is 2. The molecule has 0 saturated carbocycles. The average Bonchev–Trinajstić information content (AvgIpc) is 3.21. The highest BCUT2D eigenvalue weighted by Gasteiger charge is 2.38.